The van der Waals surface area contributed by atoms with Gasteiger partial charge in [0.2, 0.25) is 0 Å². The molecule has 8 heteroatoms. The van der Waals surface area contributed by atoms with Gasteiger partial charge in [0.05, 0.1) is 6.04 Å². The van der Waals surface area contributed by atoms with Gasteiger partial charge in [-0.15, -0.1) is 11.3 Å². The highest BCUT2D eigenvalue weighted by Gasteiger charge is 2.33. The molecule has 1 atom stereocenters. The average Bonchev–Trinajstić information content (AvgIpc) is 3.33. The number of nitrogens with one attached hydrogen (secondary N) is 1. The predicted molar refractivity (Wildman–Crippen MR) is 111 cm³/mol. The topological polar surface area (TPSA) is 73.5 Å². The Morgan fingerprint density at radius 3 is 2.50 bits per heavy atom. The number of hydrogen-bond donors (Lipinski definition) is 1. The summed E-state index contributed by atoms with van der Waals surface area (Å²) < 4.78 is 27.5. The first kappa shape index (κ1) is 19.3. The van der Waals surface area contributed by atoms with Crippen molar-refractivity contribution in [3.63, 3.8) is 0 Å². The Morgan fingerprint density at radius 2 is 1.82 bits per heavy atom. The summed E-state index contributed by atoms with van der Waals surface area (Å²) >= 11 is 1.30. The van der Waals surface area contributed by atoms with Crippen LogP contribution in [0.2, 0.25) is 0 Å². The number of H-pyrrole nitrogens is 1. The van der Waals surface area contributed by atoms with Crippen LogP contribution < -0.4 is 0 Å². The summed E-state index contributed by atoms with van der Waals surface area (Å²) in [5.74, 6) is 0.0580. The van der Waals surface area contributed by atoms with Crippen LogP contribution in [0.1, 0.15) is 22.2 Å². The fourth-order valence-corrected chi connectivity index (χ4v) is 6.54. The number of aromatic amines is 1. The molecule has 148 valence electrons. The molecule has 1 aliphatic heterocycles. The van der Waals surface area contributed by atoms with Gasteiger partial charge in [-0.1, -0.05) is 18.2 Å². The lowest BCUT2D eigenvalue weighted by atomic mass is 10.0. The van der Waals surface area contributed by atoms with Crippen LogP contribution in [0, 0.1) is 6.92 Å². The molecule has 0 saturated carbocycles. The van der Waals surface area contributed by atoms with Crippen molar-refractivity contribution in [1.82, 2.24) is 14.2 Å². The number of thiophene rings is 1. The third-order valence-corrected chi connectivity index (χ3v) is 8.73. The monoisotopic (exact) mass is 417 g/mol. The number of carbonyl (C=O) groups excluding carboxylic acids is 1. The minimum Gasteiger partial charge on any atom is -0.360 e. The van der Waals surface area contributed by atoms with Crippen LogP contribution in [0.25, 0.3) is 10.9 Å². The molecule has 0 radical (unpaired) electrons. The number of sulfonamides is 1. The largest absolute Gasteiger partial charge is 0.360 e. The van der Waals surface area contributed by atoms with Crippen molar-refractivity contribution >= 4 is 38.0 Å². The molecule has 3 aromatic rings. The van der Waals surface area contributed by atoms with Crippen LogP contribution in [-0.2, 0) is 10.0 Å². The number of aromatic nitrogens is 1. The molecule has 1 N–H and O–H groups in total. The highest BCUT2D eigenvalue weighted by Crippen LogP contribution is 2.26. The van der Waals surface area contributed by atoms with Crippen molar-refractivity contribution < 1.29 is 13.2 Å². The molecule has 2 aromatic heterocycles. The first-order valence-electron chi connectivity index (χ1n) is 9.29. The summed E-state index contributed by atoms with van der Waals surface area (Å²) in [6, 6.07) is 11.0. The van der Waals surface area contributed by atoms with E-state index in [1.54, 1.807) is 12.3 Å². The van der Waals surface area contributed by atoms with Crippen molar-refractivity contribution in [2.45, 2.75) is 24.1 Å². The van der Waals surface area contributed by atoms with Gasteiger partial charge in [-0.3, -0.25) is 9.69 Å². The van der Waals surface area contributed by atoms with E-state index >= 15 is 0 Å². The van der Waals surface area contributed by atoms with E-state index in [9.17, 15) is 13.2 Å². The molecule has 28 heavy (non-hydrogen) atoms. The van der Waals surface area contributed by atoms with Crippen molar-refractivity contribution in [3.8, 4) is 0 Å². The van der Waals surface area contributed by atoms with Crippen molar-refractivity contribution in [1.29, 1.82) is 0 Å². The fraction of sp³-hybridized carbons (Fsp3) is 0.350. The van der Waals surface area contributed by atoms with E-state index in [1.165, 1.54) is 15.6 Å². The third-order valence-electron chi connectivity index (χ3n) is 5.36. The molecule has 1 aliphatic rings. The molecule has 1 unspecified atom stereocenters. The Kier molecular flexibility index (Phi) is 5.13. The zero-order valence-electron chi connectivity index (χ0n) is 15.9. The molecule has 1 aromatic carbocycles. The number of Topliss-reactive ketones (excluding diaryl/α,β-unsaturated/α-hetero) is 1. The first-order chi connectivity index (χ1) is 13.4. The number of nitrogens with zero attached hydrogens (tertiary/aromatic N) is 2. The van der Waals surface area contributed by atoms with Crippen molar-refractivity contribution in [2.24, 2.45) is 0 Å². The normalized spacial score (nSPS) is 17.8. The maximum Gasteiger partial charge on any atom is 0.252 e. The number of benzene rings is 1. The van der Waals surface area contributed by atoms with Gasteiger partial charge in [0.1, 0.15) is 4.21 Å². The molecule has 1 fully saturated rings. The lowest BCUT2D eigenvalue weighted by molar-refractivity contribution is 0.0784. The van der Waals surface area contributed by atoms with Crippen LogP contribution in [0.4, 0.5) is 0 Å². The number of piperazine rings is 1. The summed E-state index contributed by atoms with van der Waals surface area (Å²) in [6.07, 6.45) is 1.77. The van der Waals surface area contributed by atoms with Crippen LogP contribution >= 0.6 is 11.3 Å². The van der Waals surface area contributed by atoms with E-state index < -0.39 is 10.0 Å². The summed E-state index contributed by atoms with van der Waals surface area (Å²) in [4.78, 5) is 19.2. The number of fused-ring (bicyclic) bond motifs is 1. The SMILES string of the molecule is Cc1ccc(S(=O)(=O)N2CCN(C(C)C(=O)c3c[nH]c4ccccc34)CC2)s1. The van der Waals surface area contributed by atoms with Gasteiger partial charge < -0.3 is 4.98 Å². The molecule has 6 nitrogen and oxygen atoms in total. The number of aryl methyl sites for hydroxylation is 1. The van der Waals surface area contributed by atoms with Crippen molar-refractivity contribution in [3.05, 3.63) is 53.0 Å². The molecular formula is C20H23N3O3S2. The lowest BCUT2D eigenvalue weighted by Gasteiger charge is -2.36. The van der Waals surface area contributed by atoms with Crippen LogP contribution in [0.15, 0.2) is 46.8 Å². The average molecular weight is 418 g/mol. The molecule has 4 rings (SSSR count). The molecule has 3 heterocycles. The summed E-state index contributed by atoms with van der Waals surface area (Å²) in [5.41, 5.74) is 1.63. The summed E-state index contributed by atoms with van der Waals surface area (Å²) in [7, 11) is -3.45. The van der Waals surface area contributed by atoms with Crippen molar-refractivity contribution in [2.75, 3.05) is 26.2 Å². The summed E-state index contributed by atoms with van der Waals surface area (Å²) in [6.45, 7) is 5.67. The number of rotatable bonds is 5. The molecule has 0 bridgehead atoms. The number of ketones is 1. The van der Waals surface area contributed by atoms with Gasteiger partial charge in [0.15, 0.2) is 5.78 Å². The number of carbonyl (C=O) groups is 1. The van der Waals surface area contributed by atoms with Crippen LogP contribution in [-0.4, -0.2) is 60.6 Å². The van der Waals surface area contributed by atoms with Gasteiger partial charge in [0.25, 0.3) is 10.0 Å². The van der Waals surface area contributed by atoms with E-state index in [1.807, 2.05) is 44.2 Å². The van der Waals surface area contributed by atoms with E-state index in [2.05, 4.69) is 9.88 Å². The molecule has 1 saturated heterocycles. The molecule has 0 amide bonds. The van der Waals surface area contributed by atoms with Gasteiger partial charge in [-0.05, 0) is 32.0 Å². The van der Waals surface area contributed by atoms with Gasteiger partial charge >= 0.3 is 0 Å². The zero-order valence-corrected chi connectivity index (χ0v) is 17.5. The van der Waals surface area contributed by atoms with Crippen LogP contribution in [0.5, 0.6) is 0 Å². The Morgan fingerprint density at radius 1 is 1.11 bits per heavy atom. The Bertz CT molecular complexity index is 1110. The maximum absolute atomic E-state index is 13.0. The van der Waals surface area contributed by atoms with E-state index in [0.717, 1.165) is 15.8 Å². The number of hydrogen-bond acceptors (Lipinski definition) is 5. The second kappa shape index (κ2) is 7.44. The minimum atomic E-state index is -3.45. The smallest absolute Gasteiger partial charge is 0.252 e. The Labute approximate surface area is 168 Å². The molecule has 0 spiro atoms. The lowest BCUT2D eigenvalue weighted by Crippen LogP contribution is -2.52. The highest BCUT2D eigenvalue weighted by molar-refractivity contribution is 7.91. The van der Waals surface area contributed by atoms with Gasteiger partial charge in [-0.25, -0.2) is 8.42 Å². The first-order valence-corrected chi connectivity index (χ1v) is 11.5. The predicted octanol–water partition coefficient (Wildman–Crippen LogP) is 3.12. The standard InChI is InChI=1S/C20H23N3O3S2/c1-14-7-8-19(27-14)28(25,26)23-11-9-22(10-12-23)15(2)20(24)17-13-21-18-6-4-3-5-16(17)18/h3-8,13,15,21H,9-12H2,1-2H3. The second-order valence-corrected chi connectivity index (χ2v) is 10.5. The second-order valence-electron chi connectivity index (χ2n) is 7.09. The third kappa shape index (κ3) is 3.41. The minimum absolute atomic E-state index is 0.0580. The maximum atomic E-state index is 13.0. The Hall–Kier alpha value is -2.00. The highest BCUT2D eigenvalue weighted by atomic mass is 32.2. The Balaban J connectivity index is 1.45. The van der Waals surface area contributed by atoms with E-state index in [0.29, 0.717) is 36.0 Å². The van der Waals surface area contributed by atoms with E-state index in [4.69, 9.17) is 0 Å². The van der Waals surface area contributed by atoms with Gasteiger partial charge in [-0.2, -0.15) is 4.31 Å². The fourth-order valence-electron chi connectivity index (χ4n) is 3.68. The van der Waals surface area contributed by atoms with Gasteiger partial charge in [0, 0.05) is 53.7 Å². The van der Waals surface area contributed by atoms with Crippen LogP contribution in [0.3, 0.4) is 0 Å². The zero-order chi connectivity index (χ0) is 19.9. The van der Waals surface area contributed by atoms with E-state index in [-0.39, 0.29) is 11.8 Å². The quantitative estimate of drug-likeness (QED) is 0.648. The summed E-state index contributed by atoms with van der Waals surface area (Å²) in [5, 5.41) is 0.925. The number of para-hydroxylation sites is 1. The molecular weight excluding hydrogens is 394 g/mol. The molecule has 0 aliphatic carbocycles.